The molecule has 3 aromatic rings. The van der Waals surface area contributed by atoms with Gasteiger partial charge in [-0.3, -0.25) is 14.9 Å². The van der Waals surface area contributed by atoms with Crippen LogP contribution < -0.4 is 14.8 Å². The van der Waals surface area contributed by atoms with Gasteiger partial charge in [0.25, 0.3) is 11.6 Å². The first-order valence-electron chi connectivity index (χ1n) is 9.95. The van der Waals surface area contributed by atoms with E-state index in [4.69, 9.17) is 9.47 Å². The number of nitro groups is 1. The highest BCUT2D eigenvalue weighted by molar-refractivity contribution is 6.10. The Kier molecular flexibility index (Phi) is 7.36. The highest BCUT2D eigenvalue weighted by Gasteiger charge is 2.16. The van der Waals surface area contributed by atoms with Gasteiger partial charge in [0, 0.05) is 12.1 Å². The quantitative estimate of drug-likeness (QED) is 0.136. The summed E-state index contributed by atoms with van der Waals surface area (Å²) in [6.45, 7) is 1.91. The number of esters is 1. The Morgan fingerprint density at radius 2 is 1.74 bits per heavy atom. The van der Waals surface area contributed by atoms with Crippen LogP contribution in [0.15, 0.2) is 72.3 Å². The fraction of sp³-hybridized carbons (Fsp3) is 0.0800. The molecule has 9 nitrogen and oxygen atoms in total. The van der Waals surface area contributed by atoms with Crippen molar-refractivity contribution in [1.29, 1.82) is 5.26 Å². The number of non-ortho nitro benzene ring substituents is 1. The first kappa shape index (κ1) is 23.7. The van der Waals surface area contributed by atoms with E-state index in [0.29, 0.717) is 16.9 Å². The van der Waals surface area contributed by atoms with Crippen molar-refractivity contribution >= 4 is 29.3 Å². The van der Waals surface area contributed by atoms with Crippen LogP contribution in [0.5, 0.6) is 11.5 Å². The van der Waals surface area contributed by atoms with E-state index in [1.54, 1.807) is 24.3 Å². The van der Waals surface area contributed by atoms with Gasteiger partial charge in [0.2, 0.25) is 0 Å². The van der Waals surface area contributed by atoms with Gasteiger partial charge in [0.05, 0.1) is 23.3 Å². The molecule has 0 atom stereocenters. The third-order valence-electron chi connectivity index (χ3n) is 4.70. The van der Waals surface area contributed by atoms with Crippen LogP contribution in [0, 0.1) is 28.4 Å². The molecule has 34 heavy (non-hydrogen) atoms. The second-order valence-electron chi connectivity index (χ2n) is 7.09. The first-order chi connectivity index (χ1) is 16.3. The molecule has 0 radical (unpaired) electrons. The highest BCUT2D eigenvalue weighted by atomic mass is 16.6. The third kappa shape index (κ3) is 5.83. The zero-order valence-electron chi connectivity index (χ0n) is 18.3. The van der Waals surface area contributed by atoms with Crippen molar-refractivity contribution in [1.82, 2.24) is 0 Å². The van der Waals surface area contributed by atoms with Gasteiger partial charge in [-0.1, -0.05) is 29.8 Å². The van der Waals surface area contributed by atoms with Gasteiger partial charge in [0.15, 0.2) is 0 Å². The number of methoxy groups -OCH3 is 1. The van der Waals surface area contributed by atoms with Crippen LogP contribution in [0.1, 0.15) is 21.5 Å². The molecular formula is C25H19N3O6. The Labute approximate surface area is 195 Å². The van der Waals surface area contributed by atoms with Crippen molar-refractivity contribution in [3.05, 3.63) is 99.1 Å². The van der Waals surface area contributed by atoms with Crippen molar-refractivity contribution in [3.63, 3.8) is 0 Å². The summed E-state index contributed by atoms with van der Waals surface area (Å²) >= 11 is 0. The number of rotatable bonds is 7. The van der Waals surface area contributed by atoms with E-state index >= 15 is 0 Å². The van der Waals surface area contributed by atoms with Crippen molar-refractivity contribution < 1.29 is 24.0 Å². The van der Waals surface area contributed by atoms with Crippen LogP contribution in [0.2, 0.25) is 0 Å². The van der Waals surface area contributed by atoms with Crippen LogP contribution in [-0.2, 0) is 4.79 Å². The summed E-state index contributed by atoms with van der Waals surface area (Å²) in [6, 6.07) is 18.7. The van der Waals surface area contributed by atoms with Gasteiger partial charge < -0.3 is 14.8 Å². The Morgan fingerprint density at radius 1 is 1.06 bits per heavy atom. The number of carbonyl (C=O) groups excluding carboxylic acids is 2. The first-order valence-corrected chi connectivity index (χ1v) is 9.95. The number of nitrogens with zero attached hydrogens (tertiary/aromatic N) is 2. The average Bonchev–Trinajstić information content (AvgIpc) is 2.83. The summed E-state index contributed by atoms with van der Waals surface area (Å²) in [6.07, 6.45) is 1.34. The summed E-state index contributed by atoms with van der Waals surface area (Å²) in [7, 11) is 1.35. The number of aryl methyl sites for hydroxylation is 1. The van der Waals surface area contributed by atoms with Crippen LogP contribution in [-0.4, -0.2) is 23.9 Å². The summed E-state index contributed by atoms with van der Waals surface area (Å²) in [4.78, 5) is 35.2. The zero-order valence-corrected chi connectivity index (χ0v) is 18.3. The fourth-order valence-corrected chi connectivity index (χ4v) is 2.90. The lowest BCUT2D eigenvalue weighted by Crippen LogP contribution is -2.14. The number of carbonyl (C=O) groups is 2. The number of benzene rings is 3. The number of hydrogen-bond donors (Lipinski definition) is 1. The summed E-state index contributed by atoms with van der Waals surface area (Å²) in [5.74, 6) is -0.773. The zero-order chi connectivity index (χ0) is 24.7. The number of nitrogens with one attached hydrogen (secondary N) is 1. The van der Waals surface area contributed by atoms with Gasteiger partial charge in [-0.25, -0.2) is 4.79 Å². The number of anilines is 1. The molecular weight excluding hydrogens is 438 g/mol. The molecule has 1 N–H and O–H groups in total. The molecule has 0 aliphatic rings. The van der Waals surface area contributed by atoms with E-state index in [2.05, 4.69) is 5.32 Å². The van der Waals surface area contributed by atoms with Gasteiger partial charge in [0.1, 0.15) is 23.1 Å². The number of ether oxygens (including phenoxy) is 2. The number of hydrogen-bond acceptors (Lipinski definition) is 7. The molecule has 0 fully saturated rings. The lowest BCUT2D eigenvalue weighted by molar-refractivity contribution is -0.384. The molecule has 3 rings (SSSR count). The van der Waals surface area contributed by atoms with E-state index in [9.17, 15) is 25.0 Å². The van der Waals surface area contributed by atoms with Gasteiger partial charge in [-0.05, 0) is 48.9 Å². The lowest BCUT2D eigenvalue weighted by Gasteiger charge is -2.09. The van der Waals surface area contributed by atoms with Crippen molar-refractivity contribution in [2.24, 2.45) is 0 Å². The van der Waals surface area contributed by atoms with Crippen molar-refractivity contribution in [2.75, 3.05) is 12.4 Å². The Morgan fingerprint density at radius 3 is 2.32 bits per heavy atom. The Bertz CT molecular complexity index is 1310. The van der Waals surface area contributed by atoms with Gasteiger partial charge in [-0.15, -0.1) is 0 Å². The second kappa shape index (κ2) is 10.6. The number of amides is 1. The molecule has 0 spiro atoms. The maximum atomic E-state index is 12.6. The average molecular weight is 457 g/mol. The lowest BCUT2D eigenvalue weighted by atomic mass is 10.1. The Balaban J connectivity index is 1.74. The van der Waals surface area contributed by atoms with Crippen LogP contribution >= 0.6 is 0 Å². The maximum absolute atomic E-state index is 12.6. The maximum Gasteiger partial charge on any atom is 0.343 e. The molecule has 0 aliphatic carbocycles. The van der Waals surface area contributed by atoms with E-state index in [1.807, 2.05) is 25.1 Å². The molecule has 9 heteroatoms. The molecule has 170 valence electrons. The van der Waals surface area contributed by atoms with Gasteiger partial charge >= 0.3 is 5.97 Å². The monoisotopic (exact) mass is 457 g/mol. The molecule has 0 heterocycles. The normalized spacial score (nSPS) is 10.7. The summed E-state index contributed by atoms with van der Waals surface area (Å²) < 4.78 is 10.5. The highest BCUT2D eigenvalue weighted by Crippen LogP contribution is 2.29. The van der Waals surface area contributed by atoms with Crippen LogP contribution in [0.3, 0.4) is 0 Å². The molecule has 0 aliphatic heterocycles. The molecule has 0 unspecified atom stereocenters. The van der Waals surface area contributed by atoms with E-state index < -0.39 is 16.8 Å². The van der Waals surface area contributed by atoms with E-state index in [-0.39, 0.29) is 22.7 Å². The number of nitro benzene ring substituents is 1. The molecule has 0 saturated carbocycles. The van der Waals surface area contributed by atoms with Crippen molar-refractivity contribution in [2.45, 2.75) is 6.92 Å². The fourth-order valence-electron chi connectivity index (χ4n) is 2.90. The molecule has 0 saturated heterocycles. The largest absolute Gasteiger partial charge is 0.495 e. The Hall–Kier alpha value is -4.97. The molecule has 0 bridgehead atoms. The summed E-state index contributed by atoms with van der Waals surface area (Å²) in [5.41, 5.74) is 1.52. The van der Waals surface area contributed by atoms with E-state index in [0.717, 1.165) is 11.6 Å². The summed E-state index contributed by atoms with van der Waals surface area (Å²) in [5, 5.41) is 22.9. The van der Waals surface area contributed by atoms with Crippen LogP contribution in [0.4, 0.5) is 11.4 Å². The second-order valence-corrected chi connectivity index (χ2v) is 7.09. The predicted molar refractivity (Wildman–Crippen MR) is 124 cm³/mol. The minimum atomic E-state index is -0.767. The number of nitriles is 1. The minimum absolute atomic E-state index is 0.0567. The van der Waals surface area contributed by atoms with Crippen molar-refractivity contribution in [3.8, 4) is 17.6 Å². The SMILES string of the molecule is COc1ccc([N+](=O)[O-])cc1NC(=O)/C(C#N)=C/c1ccc(OC(=O)c2ccc(C)cc2)cc1. The molecule has 0 aromatic heterocycles. The van der Waals surface area contributed by atoms with E-state index in [1.165, 1.54) is 37.5 Å². The predicted octanol–water partition coefficient (Wildman–Crippen LogP) is 4.68. The standard InChI is InChI=1S/C25H19N3O6/c1-16-3-7-18(8-4-16)25(30)34-21-10-5-17(6-11-21)13-19(15-26)24(29)27-22-14-20(28(31)32)9-12-23(22)33-2/h3-14H,1-2H3,(H,27,29)/b19-13+. The molecule has 1 amide bonds. The smallest absolute Gasteiger partial charge is 0.343 e. The minimum Gasteiger partial charge on any atom is -0.495 e. The third-order valence-corrected chi connectivity index (χ3v) is 4.70. The topological polar surface area (TPSA) is 132 Å². The van der Waals surface area contributed by atoms with Gasteiger partial charge in [-0.2, -0.15) is 5.26 Å². The van der Waals surface area contributed by atoms with Crippen LogP contribution in [0.25, 0.3) is 6.08 Å². The molecule has 3 aromatic carbocycles.